The molecule has 0 saturated carbocycles. The van der Waals surface area contributed by atoms with Crippen molar-refractivity contribution in [1.82, 2.24) is 19.8 Å². The van der Waals surface area contributed by atoms with Gasteiger partial charge in [-0.1, -0.05) is 30.8 Å². The van der Waals surface area contributed by atoms with Crippen molar-refractivity contribution in [2.45, 2.75) is 68.6 Å². The van der Waals surface area contributed by atoms with Gasteiger partial charge in [0.1, 0.15) is 18.0 Å². The van der Waals surface area contributed by atoms with E-state index in [0.717, 1.165) is 24.9 Å². The molecule has 1 spiro atoms. The van der Waals surface area contributed by atoms with Crippen LogP contribution >= 0.6 is 0 Å². The number of likely N-dealkylation sites (N-methyl/N-ethyl adjacent to an activating group) is 1. The van der Waals surface area contributed by atoms with Crippen LogP contribution < -0.4 is 14.4 Å². The number of nitriles is 1. The quantitative estimate of drug-likeness (QED) is 0.472. The molecule has 1 amide bonds. The third-order valence-corrected chi connectivity index (χ3v) is 9.30. The van der Waals surface area contributed by atoms with E-state index in [1.165, 1.54) is 12.1 Å². The average molecular weight is 579 g/mol. The maximum absolute atomic E-state index is 14.9. The fourth-order valence-electron chi connectivity index (χ4n) is 6.91. The molecule has 1 aromatic heterocycles. The lowest BCUT2D eigenvalue weighted by molar-refractivity contribution is -0.128. The van der Waals surface area contributed by atoms with E-state index in [2.05, 4.69) is 29.5 Å². The number of carbonyl (C=O) groups excluding carboxylic acids is 1. The fourth-order valence-corrected chi connectivity index (χ4v) is 6.91. The zero-order valence-corrected chi connectivity index (χ0v) is 23.9. The molecular formula is C31H36F2N6O3. The van der Waals surface area contributed by atoms with E-state index in [9.17, 15) is 18.8 Å². The van der Waals surface area contributed by atoms with Crippen molar-refractivity contribution in [1.29, 1.82) is 5.26 Å². The highest BCUT2D eigenvalue weighted by Crippen LogP contribution is 2.53. The maximum atomic E-state index is 14.9. The van der Waals surface area contributed by atoms with Gasteiger partial charge in [-0.3, -0.25) is 4.79 Å². The minimum atomic E-state index is -2.91. The van der Waals surface area contributed by atoms with Gasteiger partial charge >= 0.3 is 6.01 Å². The van der Waals surface area contributed by atoms with Crippen LogP contribution in [0.4, 0.5) is 14.6 Å². The first-order valence-electron chi connectivity index (χ1n) is 14.7. The van der Waals surface area contributed by atoms with Gasteiger partial charge < -0.3 is 24.2 Å². The summed E-state index contributed by atoms with van der Waals surface area (Å²) in [5.74, 6) is -2.13. The molecule has 4 aliphatic rings. The maximum Gasteiger partial charge on any atom is 0.321 e. The first kappa shape index (κ1) is 28.3. The summed E-state index contributed by atoms with van der Waals surface area (Å²) >= 11 is 0. The fraction of sp³-hybridized carbons (Fsp3) is 0.548. The van der Waals surface area contributed by atoms with Gasteiger partial charge in [-0.2, -0.15) is 15.2 Å². The number of carbonyl (C=O) groups is 1. The summed E-state index contributed by atoms with van der Waals surface area (Å²) in [6.07, 6.45) is 4.48. The third kappa shape index (κ3) is 5.06. The van der Waals surface area contributed by atoms with Gasteiger partial charge in [-0.15, -0.1) is 0 Å². The number of likely N-dealkylation sites (tertiary alicyclic amines) is 1. The molecule has 4 heterocycles. The molecule has 0 radical (unpaired) electrons. The van der Waals surface area contributed by atoms with Gasteiger partial charge in [-0.05, 0) is 51.8 Å². The van der Waals surface area contributed by atoms with E-state index >= 15 is 0 Å². The van der Waals surface area contributed by atoms with Crippen molar-refractivity contribution in [3.05, 3.63) is 53.6 Å². The number of amides is 1. The number of rotatable bonds is 6. The Morgan fingerprint density at radius 3 is 2.74 bits per heavy atom. The second-order valence-electron chi connectivity index (χ2n) is 11.7. The van der Waals surface area contributed by atoms with Crippen molar-refractivity contribution < 1.29 is 23.0 Å². The smallest absolute Gasteiger partial charge is 0.321 e. The van der Waals surface area contributed by atoms with E-state index < -0.39 is 11.5 Å². The van der Waals surface area contributed by atoms with Crippen molar-refractivity contribution >= 4 is 11.7 Å². The standard InChI is InChI=1S/C31H36F2N6O3/c1-3-26(40)39-18-17-38(19-21(39)11-15-34)27-23-10-12-30(13-14-31(32,33)25-9-5-4-8-24(25)30)42-28(23)36-29(35-27)41-20-22-7-6-16-37(22)2/h3-5,8-9,21-22H,1,6-7,10-14,16-20H2,2H3/t21-,22-,30-/m0/s1. The van der Waals surface area contributed by atoms with Crippen LogP contribution in [-0.2, 0) is 22.7 Å². The minimum absolute atomic E-state index is 0.0112. The van der Waals surface area contributed by atoms with Crippen LogP contribution in [0.15, 0.2) is 36.9 Å². The first-order chi connectivity index (χ1) is 20.2. The van der Waals surface area contributed by atoms with E-state index in [1.54, 1.807) is 23.1 Å². The highest BCUT2D eigenvalue weighted by molar-refractivity contribution is 5.87. The first-order valence-corrected chi connectivity index (χ1v) is 14.7. The topological polar surface area (TPSA) is 94.8 Å². The lowest BCUT2D eigenvalue weighted by atomic mass is 9.73. The predicted molar refractivity (Wildman–Crippen MR) is 152 cm³/mol. The lowest BCUT2D eigenvalue weighted by Gasteiger charge is -2.45. The predicted octanol–water partition coefficient (Wildman–Crippen LogP) is 4.17. The summed E-state index contributed by atoms with van der Waals surface area (Å²) in [6, 6.07) is 8.95. The van der Waals surface area contributed by atoms with Crippen LogP contribution in [-0.4, -0.2) is 77.6 Å². The van der Waals surface area contributed by atoms with E-state index in [-0.39, 0.29) is 48.8 Å². The third-order valence-electron chi connectivity index (χ3n) is 9.30. The number of piperazine rings is 1. The molecule has 2 aromatic rings. The van der Waals surface area contributed by atoms with Gasteiger partial charge in [0.2, 0.25) is 11.8 Å². The minimum Gasteiger partial charge on any atom is -0.466 e. The molecule has 0 bridgehead atoms. The van der Waals surface area contributed by atoms with Gasteiger partial charge in [0.05, 0.1) is 24.1 Å². The highest BCUT2D eigenvalue weighted by Gasteiger charge is 2.51. The Labute approximate surface area is 244 Å². The summed E-state index contributed by atoms with van der Waals surface area (Å²) < 4.78 is 42.7. The molecule has 2 saturated heterocycles. The number of hydrogen-bond donors (Lipinski definition) is 0. The second-order valence-corrected chi connectivity index (χ2v) is 11.7. The Kier molecular flexibility index (Phi) is 7.51. The summed E-state index contributed by atoms with van der Waals surface area (Å²) in [4.78, 5) is 28.0. The van der Waals surface area contributed by atoms with Gasteiger partial charge in [0, 0.05) is 43.2 Å². The molecule has 3 aliphatic heterocycles. The van der Waals surface area contributed by atoms with E-state index in [0.29, 0.717) is 56.3 Å². The van der Waals surface area contributed by atoms with Crippen molar-refractivity contribution in [3.63, 3.8) is 0 Å². The summed E-state index contributed by atoms with van der Waals surface area (Å²) in [5.41, 5.74) is 0.392. The number of halogens is 2. The Morgan fingerprint density at radius 2 is 2.00 bits per heavy atom. The number of aromatic nitrogens is 2. The number of anilines is 1. The number of alkyl halides is 2. The van der Waals surface area contributed by atoms with E-state index in [1.807, 2.05) is 0 Å². The Bertz CT molecular complexity index is 1410. The van der Waals surface area contributed by atoms with Crippen molar-refractivity contribution in [3.8, 4) is 18.0 Å². The SMILES string of the molecule is C=CC(=O)N1CCN(c2nc(OC[C@@H]3CCCN3C)nc3c2CC[C@@]2(CCC(F)(F)c4ccccc42)O3)C[C@@H]1CC#N. The molecular weight excluding hydrogens is 542 g/mol. The number of benzene rings is 1. The van der Waals surface area contributed by atoms with Gasteiger partial charge in [-0.25, -0.2) is 8.78 Å². The molecule has 3 atom stereocenters. The van der Waals surface area contributed by atoms with E-state index in [4.69, 9.17) is 19.4 Å². The second kappa shape index (κ2) is 11.1. The zero-order valence-electron chi connectivity index (χ0n) is 23.9. The molecule has 42 heavy (non-hydrogen) atoms. The van der Waals surface area contributed by atoms with Crippen LogP contribution in [0.1, 0.15) is 55.2 Å². The summed E-state index contributed by atoms with van der Waals surface area (Å²) in [5, 5.41) is 9.48. The number of ether oxygens (including phenoxy) is 2. The van der Waals surface area contributed by atoms with Crippen LogP contribution in [0.2, 0.25) is 0 Å². The Hall–Kier alpha value is -3.78. The number of fused-ring (bicyclic) bond motifs is 3. The molecule has 9 nitrogen and oxygen atoms in total. The summed E-state index contributed by atoms with van der Waals surface area (Å²) in [6.45, 7) is 6.35. The Balaban J connectivity index is 1.36. The molecule has 6 rings (SSSR count). The van der Waals surface area contributed by atoms with Crippen LogP contribution in [0, 0.1) is 11.3 Å². The molecule has 1 aliphatic carbocycles. The molecule has 0 unspecified atom stereocenters. The Morgan fingerprint density at radius 1 is 1.19 bits per heavy atom. The largest absolute Gasteiger partial charge is 0.466 e. The summed E-state index contributed by atoms with van der Waals surface area (Å²) in [7, 11) is 2.07. The van der Waals surface area contributed by atoms with Crippen LogP contribution in [0.3, 0.4) is 0 Å². The number of hydrogen-bond acceptors (Lipinski definition) is 8. The molecule has 11 heteroatoms. The molecule has 2 fully saturated rings. The van der Waals surface area contributed by atoms with Crippen molar-refractivity contribution in [2.24, 2.45) is 0 Å². The van der Waals surface area contributed by atoms with Crippen LogP contribution in [0.5, 0.6) is 11.9 Å². The van der Waals surface area contributed by atoms with Crippen molar-refractivity contribution in [2.75, 3.05) is 44.7 Å². The monoisotopic (exact) mass is 578 g/mol. The average Bonchev–Trinajstić information content (AvgIpc) is 3.42. The normalized spacial score (nSPS) is 26.6. The van der Waals surface area contributed by atoms with Crippen LogP contribution in [0.25, 0.3) is 0 Å². The van der Waals surface area contributed by atoms with Gasteiger partial charge in [0.25, 0.3) is 5.92 Å². The molecule has 0 N–H and O–H groups in total. The molecule has 222 valence electrons. The zero-order chi connectivity index (χ0) is 29.5. The lowest BCUT2D eigenvalue weighted by Crippen LogP contribution is -2.55. The highest BCUT2D eigenvalue weighted by atomic mass is 19.3. The number of nitrogens with zero attached hydrogens (tertiary/aromatic N) is 6. The van der Waals surface area contributed by atoms with Gasteiger partial charge in [0.15, 0.2) is 0 Å². The molecule has 1 aromatic carbocycles.